The number of hydrogen-bond acceptors (Lipinski definition) is 3. The predicted molar refractivity (Wildman–Crippen MR) is 64.7 cm³/mol. The molecule has 1 rings (SSSR count). The van der Waals surface area contributed by atoms with Crippen molar-refractivity contribution >= 4 is 21.6 Å². The molecule has 0 saturated heterocycles. The molecule has 1 aromatic carbocycles. The van der Waals surface area contributed by atoms with Crippen LogP contribution in [0.25, 0.3) is 0 Å². The molecule has 0 saturated carbocycles. The van der Waals surface area contributed by atoms with Gasteiger partial charge in [-0.3, -0.25) is 0 Å². The Labute approximate surface area is 98.7 Å². The highest BCUT2D eigenvalue weighted by Crippen LogP contribution is 2.20. The lowest BCUT2D eigenvalue weighted by atomic mass is 10.2. The number of rotatable bonds is 5. The van der Waals surface area contributed by atoms with Gasteiger partial charge in [0.25, 0.3) is 0 Å². The maximum absolute atomic E-state index is 5.76. The van der Waals surface area contributed by atoms with Gasteiger partial charge in [-0.05, 0) is 40.5 Å². The standard InChI is InChI=1S/C11H16BrNO2/c1-8(6-14-2)15-7-9-3-4-10(12)11(13)5-9/h3-5,8H,6-7,13H2,1-2H3. The maximum atomic E-state index is 5.76. The summed E-state index contributed by atoms with van der Waals surface area (Å²) in [6, 6.07) is 5.82. The van der Waals surface area contributed by atoms with Crippen LogP contribution in [0.2, 0.25) is 0 Å². The van der Waals surface area contributed by atoms with Gasteiger partial charge in [0.2, 0.25) is 0 Å². The third-order valence-corrected chi connectivity index (χ3v) is 2.72. The molecule has 0 bridgehead atoms. The normalized spacial score (nSPS) is 12.7. The lowest BCUT2D eigenvalue weighted by Gasteiger charge is -2.12. The zero-order valence-electron chi connectivity index (χ0n) is 9.00. The Morgan fingerprint density at radius 1 is 1.47 bits per heavy atom. The fourth-order valence-corrected chi connectivity index (χ4v) is 1.45. The van der Waals surface area contributed by atoms with E-state index in [-0.39, 0.29) is 6.10 Å². The minimum atomic E-state index is 0.0971. The predicted octanol–water partition coefficient (Wildman–Crippen LogP) is 2.58. The second-order valence-corrected chi connectivity index (χ2v) is 4.29. The monoisotopic (exact) mass is 273 g/mol. The Balaban J connectivity index is 2.47. The van der Waals surface area contributed by atoms with Gasteiger partial charge in [0, 0.05) is 17.3 Å². The fraction of sp³-hybridized carbons (Fsp3) is 0.455. The number of anilines is 1. The molecule has 4 heteroatoms. The highest BCUT2D eigenvalue weighted by molar-refractivity contribution is 9.10. The summed E-state index contributed by atoms with van der Waals surface area (Å²) in [5, 5.41) is 0. The number of hydrogen-bond donors (Lipinski definition) is 1. The van der Waals surface area contributed by atoms with Crippen LogP contribution in [-0.4, -0.2) is 19.8 Å². The van der Waals surface area contributed by atoms with Crippen LogP contribution < -0.4 is 5.73 Å². The van der Waals surface area contributed by atoms with Crippen molar-refractivity contribution in [2.45, 2.75) is 19.6 Å². The molecule has 0 aromatic heterocycles. The lowest BCUT2D eigenvalue weighted by Crippen LogP contribution is -2.14. The summed E-state index contributed by atoms with van der Waals surface area (Å²) in [6.07, 6.45) is 0.0971. The van der Waals surface area contributed by atoms with Crippen molar-refractivity contribution in [2.24, 2.45) is 0 Å². The van der Waals surface area contributed by atoms with Gasteiger partial charge in [-0.1, -0.05) is 6.07 Å². The van der Waals surface area contributed by atoms with Crippen LogP contribution in [0.5, 0.6) is 0 Å². The Morgan fingerprint density at radius 2 is 2.20 bits per heavy atom. The van der Waals surface area contributed by atoms with E-state index in [1.807, 2.05) is 25.1 Å². The Hall–Kier alpha value is -0.580. The van der Waals surface area contributed by atoms with Gasteiger partial charge in [0.1, 0.15) is 0 Å². The van der Waals surface area contributed by atoms with Gasteiger partial charge in [0.15, 0.2) is 0 Å². The van der Waals surface area contributed by atoms with Crippen molar-refractivity contribution in [1.82, 2.24) is 0 Å². The summed E-state index contributed by atoms with van der Waals surface area (Å²) in [7, 11) is 1.66. The van der Waals surface area contributed by atoms with Crippen molar-refractivity contribution in [3.8, 4) is 0 Å². The first-order valence-corrected chi connectivity index (χ1v) is 5.57. The number of halogens is 1. The van der Waals surface area contributed by atoms with Crippen LogP contribution >= 0.6 is 15.9 Å². The van der Waals surface area contributed by atoms with Crippen molar-refractivity contribution in [3.63, 3.8) is 0 Å². The Bertz CT molecular complexity index is 317. The van der Waals surface area contributed by atoms with E-state index in [1.165, 1.54) is 0 Å². The molecule has 1 unspecified atom stereocenters. The SMILES string of the molecule is COCC(C)OCc1ccc(Br)c(N)c1. The van der Waals surface area contributed by atoms with E-state index >= 15 is 0 Å². The molecule has 0 radical (unpaired) electrons. The topological polar surface area (TPSA) is 44.5 Å². The van der Waals surface area contributed by atoms with Crippen molar-refractivity contribution in [3.05, 3.63) is 28.2 Å². The molecule has 1 aromatic rings. The molecule has 0 spiro atoms. The summed E-state index contributed by atoms with van der Waals surface area (Å²) < 4.78 is 11.5. The van der Waals surface area contributed by atoms with Gasteiger partial charge in [-0.2, -0.15) is 0 Å². The van der Waals surface area contributed by atoms with Crippen LogP contribution in [0.3, 0.4) is 0 Å². The number of nitrogen functional groups attached to an aromatic ring is 1. The average molecular weight is 274 g/mol. The Morgan fingerprint density at radius 3 is 2.80 bits per heavy atom. The van der Waals surface area contributed by atoms with Gasteiger partial charge >= 0.3 is 0 Å². The van der Waals surface area contributed by atoms with E-state index in [0.717, 1.165) is 15.7 Å². The van der Waals surface area contributed by atoms with Crippen LogP contribution in [0.1, 0.15) is 12.5 Å². The zero-order valence-corrected chi connectivity index (χ0v) is 10.6. The maximum Gasteiger partial charge on any atom is 0.0784 e. The van der Waals surface area contributed by atoms with Crippen LogP contribution in [0.15, 0.2) is 22.7 Å². The fourth-order valence-electron chi connectivity index (χ4n) is 1.20. The van der Waals surface area contributed by atoms with Crippen LogP contribution in [0, 0.1) is 0 Å². The van der Waals surface area contributed by atoms with Crippen LogP contribution in [0.4, 0.5) is 5.69 Å². The third-order valence-electron chi connectivity index (χ3n) is 2.00. The molecular formula is C11H16BrNO2. The molecule has 3 nitrogen and oxygen atoms in total. The van der Waals surface area contributed by atoms with E-state index in [0.29, 0.717) is 13.2 Å². The average Bonchev–Trinajstić information content (AvgIpc) is 2.20. The van der Waals surface area contributed by atoms with E-state index < -0.39 is 0 Å². The summed E-state index contributed by atoms with van der Waals surface area (Å²) >= 11 is 3.35. The molecule has 0 aliphatic heterocycles. The largest absolute Gasteiger partial charge is 0.398 e. The van der Waals surface area contributed by atoms with Gasteiger partial charge in [0.05, 0.1) is 19.3 Å². The number of methoxy groups -OCH3 is 1. The number of benzene rings is 1. The Kier molecular flexibility index (Phi) is 5.08. The summed E-state index contributed by atoms with van der Waals surface area (Å²) in [5.41, 5.74) is 7.56. The minimum Gasteiger partial charge on any atom is -0.398 e. The van der Waals surface area contributed by atoms with E-state index in [9.17, 15) is 0 Å². The highest BCUT2D eigenvalue weighted by Gasteiger charge is 2.03. The van der Waals surface area contributed by atoms with E-state index in [1.54, 1.807) is 7.11 Å². The lowest BCUT2D eigenvalue weighted by molar-refractivity contribution is -0.000112. The molecule has 0 fully saturated rings. The van der Waals surface area contributed by atoms with Crippen LogP contribution in [-0.2, 0) is 16.1 Å². The van der Waals surface area contributed by atoms with Crippen molar-refractivity contribution in [1.29, 1.82) is 0 Å². The minimum absolute atomic E-state index is 0.0971. The summed E-state index contributed by atoms with van der Waals surface area (Å²) in [4.78, 5) is 0. The third kappa shape index (κ3) is 4.20. The molecular weight excluding hydrogens is 258 g/mol. The molecule has 2 N–H and O–H groups in total. The number of ether oxygens (including phenoxy) is 2. The van der Waals surface area contributed by atoms with Gasteiger partial charge in [-0.15, -0.1) is 0 Å². The molecule has 0 aliphatic rings. The second-order valence-electron chi connectivity index (χ2n) is 3.43. The molecule has 84 valence electrons. The molecule has 0 heterocycles. The molecule has 15 heavy (non-hydrogen) atoms. The van der Waals surface area contributed by atoms with Gasteiger partial charge < -0.3 is 15.2 Å². The smallest absolute Gasteiger partial charge is 0.0784 e. The molecule has 1 atom stereocenters. The second kappa shape index (κ2) is 6.10. The van der Waals surface area contributed by atoms with Gasteiger partial charge in [-0.25, -0.2) is 0 Å². The first kappa shape index (κ1) is 12.5. The number of nitrogens with two attached hydrogens (primary N) is 1. The first-order valence-electron chi connectivity index (χ1n) is 4.78. The summed E-state index contributed by atoms with van der Waals surface area (Å²) in [5.74, 6) is 0. The van der Waals surface area contributed by atoms with Crippen molar-refractivity contribution < 1.29 is 9.47 Å². The summed E-state index contributed by atoms with van der Waals surface area (Å²) in [6.45, 7) is 3.14. The molecule has 0 amide bonds. The van der Waals surface area contributed by atoms with E-state index in [2.05, 4.69) is 15.9 Å². The quantitative estimate of drug-likeness (QED) is 0.839. The van der Waals surface area contributed by atoms with Crippen molar-refractivity contribution in [2.75, 3.05) is 19.5 Å². The highest BCUT2D eigenvalue weighted by atomic mass is 79.9. The molecule has 0 aliphatic carbocycles. The zero-order chi connectivity index (χ0) is 11.3. The van der Waals surface area contributed by atoms with E-state index in [4.69, 9.17) is 15.2 Å². The first-order chi connectivity index (χ1) is 7.13.